The van der Waals surface area contributed by atoms with Gasteiger partial charge in [-0.3, -0.25) is 9.59 Å². The van der Waals surface area contributed by atoms with Crippen molar-refractivity contribution >= 4 is 29.9 Å². The molecule has 2 saturated heterocycles. The van der Waals surface area contributed by atoms with Crippen LogP contribution < -0.4 is 20.3 Å². The summed E-state index contributed by atoms with van der Waals surface area (Å²) in [6.45, 7) is 3.81. The summed E-state index contributed by atoms with van der Waals surface area (Å²) in [7, 11) is 1.70. The molecule has 7 nitrogen and oxygen atoms in total. The number of piperidine rings is 1. The smallest absolute Gasteiger partial charge is 0.257 e. The first-order valence-electron chi connectivity index (χ1n) is 9.61. The highest BCUT2D eigenvalue weighted by Gasteiger charge is 2.32. The number of halogens is 1. The average Bonchev–Trinajstić information content (AvgIpc) is 3.12. The summed E-state index contributed by atoms with van der Waals surface area (Å²) < 4.78 is 11.0. The monoisotopic (exact) mass is 411 g/mol. The van der Waals surface area contributed by atoms with E-state index in [-0.39, 0.29) is 36.2 Å². The Kier molecular flexibility index (Phi) is 8.54. The van der Waals surface area contributed by atoms with E-state index in [0.29, 0.717) is 25.3 Å². The molecule has 2 N–H and O–H groups in total. The molecule has 0 spiro atoms. The molecule has 0 radical (unpaired) electrons. The van der Waals surface area contributed by atoms with Crippen LogP contribution in [0.1, 0.15) is 25.7 Å². The number of carbonyl (C=O) groups excluding carboxylic acids is 2. The van der Waals surface area contributed by atoms with Crippen LogP contribution in [0.2, 0.25) is 0 Å². The topological polar surface area (TPSA) is 79.9 Å². The zero-order valence-electron chi connectivity index (χ0n) is 16.4. The number of hydrogen-bond acceptors (Lipinski definition) is 5. The first-order valence-corrected chi connectivity index (χ1v) is 9.61. The molecule has 0 bridgehead atoms. The summed E-state index contributed by atoms with van der Waals surface area (Å²) in [6, 6.07) is 7.35. The molecule has 0 unspecified atom stereocenters. The van der Waals surface area contributed by atoms with Crippen LogP contribution in [0.4, 0.5) is 5.69 Å². The Morgan fingerprint density at radius 2 is 2.11 bits per heavy atom. The molecule has 3 rings (SSSR count). The van der Waals surface area contributed by atoms with Crippen molar-refractivity contribution in [3.8, 4) is 5.75 Å². The molecule has 0 aliphatic carbocycles. The van der Waals surface area contributed by atoms with E-state index in [1.54, 1.807) is 18.1 Å². The summed E-state index contributed by atoms with van der Waals surface area (Å²) >= 11 is 0. The number of methoxy groups -OCH3 is 1. The van der Waals surface area contributed by atoms with Crippen molar-refractivity contribution in [2.45, 2.75) is 25.7 Å². The molecule has 2 fully saturated rings. The van der Waals surface area contributed by atoms with Gasteiger partial charge in [0, 0.05) is 43.8 Å². The van der Waals surface area contributed by atoms with Crippen LogP contribution in [0.3, 0.4) is 0 Å². The van der Waals surface area contributed by atoms with Crippen LogP contribution in [-0.2, 0) is 14.3 Å². The Balaban J connectivity index is 0.00000280. The van der Waals surface area contributed by atoms with E-state index in [4.69, 9.17) is 9.47 Å². The Morgan fingerprint density at radius 3 is 2.79 bits per heavy atom. The third kappa shape index (κ3) is 5.83. The van der Waals surface area contributed by atoms with E-state index in [2.05, 4.69) is 10.6 Å². The molecular formula is C20H30ClN3O4. The zero-order chi connectivity index (χ0) is 19.1. The largest absolute Gasteiger partial charge is 0.484 e. The van der Waals surface area contributed by atoms with Crippen molar-refractivity contribution in [2.75, 3.05) is 51.4 Å². The quantitative estimate of drug-likeness (QED) is 0.681. The highest BCUT2D eigenvalue weighted by Crippen LogP contribution is 2.28. The van der Waals surface area contributed by atoms with Crippen molar-refractivity contribution in [3.63, 3.8) is 0 Å². The van der Waals surface area contributed by atoms with E-state index in [1.165, 1.54) is 0 Å². The van der Waals surface area contributed by atoms with Crippen LogP contribution in [-0.4, -0.2) is 58.3 Å². The number of nitrogens with zero attached hydrogens (tertiary/aromatic N) is 1. The summed E-state index contributed by atoms with van der Waals surface area (Å²) in [6.07, 6.45) is 3.43. The van der Waals surface area contributed by atoms with Crippen LogP contribution in [0.25, 0.3) is 0 Å². The number of carbonyl (C=O) groups is 2. The van der Waals surface area contributed by atoms with Crippen molar-refractivity contribution < 1.29 is 19.1 Å². The fourth-order valence-corrected chi connectivity index (χ4v) is 3.78. The molecule has 0 atom stereocenters. The Labute approximate surface area is 172 Å². The standard InChI is InChI=1S/C20H29N3O4.ClH/c1-26-15-20(7-9-21-10-8-20)14-22-18(24)13-27-17-5-2-4-16(12-17)23-11-3-6-19(23)25;/h2,4-5,12,21H,3,6-11,13-15H2,1H3,(H,22,24);1H. The molecule has 8 heteroatoms. The second-order valence-corrected chi connectivity index (χ2v) is 7.39. The van der Waals surface area contributed by atoms with Gasteiger partial charge in [0.2, 0.25) is 5.91 Å². The number of benzene rings is 1. The van der Waals surface area contributed by atoms with E-state index in [0.717, 1.165) is 44.6 Å². The highest BCUT2D eigenvalue weighted by atomic mass is 35.5. The molecule has 0 saturated carbocycles. The lowest BCUT2D eigenvalue weighted by Gasteiger charge is -2.37. The first-order chi connectivity index (χ1) is 13.1. The van der Waals surface area contributed by atoms with Gasteiger partial charge in [0.05, 0.1) is 6.61 Å². The molecule has 1 aromatic carbocycles. The first kappa shape index (κ1) is 22.5. The average molecular weight is 412 g/mol. The Bertz CT molecular complexity index is 659. The van der Waals surface area contributed by atoms with Gasteiger partial charge in [-0.25, -0.2) is 0 Å². The van der Waals surface area contributed by atoms with Crippen molar-refractivity contribution in [2.24, 2.45) is 5.41 Å². The zero-order valence-corrected chi connectivity index (χ0v) is 17.2. The minimum Gasteiger partial charge on any atom is -0.484 e. The summed E-state index contributed by atoms with van der Waals surface area (Å²) in [5.41, 5.74) is 0.815. The van der Waals surface area contributed by atoms with Gasteiger partial charge in [-0.05, 0) is 44.5 Å². The summed E-state index contributed by atoms with van der Waals surface area (Å²) in [5, 5.41) is 6.33. The van der Waals surface area contributed by atoms with Crippen molar-refractivity contribution in [1.29, 1.82) is 0 Å². The second kappa shape index (κ2) is 10.6. The summed E-state index contributed by atoms with van der Waals surface area (Å²) in [4.78, 5) is 25.9. The minimum atomic E-state index is -0.147. The van der Waals surface area contributed by atoms with Gasteiger partial charge in [-0.1, -0.05) is 6.07 Å². The molecule has 2 heterocycles. The minimum absolute atomic E-state index is 0. The number of rotatable bonds is 8. The third-order valence-corrected chi connectivity index (χ3v) is 5.35. The predicted octanol–water partition coefficient (Wildman–Crippen LogP) is 1.75. The van der Waals surface area contributed by atoms with Gasteiger partial charge in [0.25, 0.3) is 5.91 Å². The maximum atomic E-state index is 12.2. The van der Waals surface area contributed by atoms with Gasteiger partial charge in [0.15, 0.2) is 6.61 Å². The highest BCUT2D eigenvalue weighted by molar-refractivity contribution is 5.95. The van der Waals surface area contributed by atoms with Gasteiger partial charge >= 0.3 is 0 Å². The SMILES string of the molecule is COCC1(CNC(=O)COc2cccc(N3CCCC3=O)c2)CCNCC1.Cl. The maximum absolute atomic E-state index is 12.2. The van der Waals surface area contributed by atoms with Crippen LogP contribution >= 0.6 is 12.4 Å². The molecule has 2 aliphatic heterocycles. The molecule has 2 aliphatic rings. The maximum Gasteiger partial charge on any atom is 0.257 e. The van der Waals surface area contributed by atoms with Crippen LogP contribution in [0.15, 0.2) is 24.3 Å². The lowest BCUT2D eigenvalue weighted by Crippen LogP contribution is -2.47. The van der Waals surface area contributed by atoms with E-state index in [9.17, 15) is 9.59 Å². The predicted molar refractivity (Wildman–Crippen MR) is 110 cm³/mol. The third-order valence-electron chi connectivity index (χ3n) is 5.35. The van der Waals surface area contributed by atoms with Crippen LogP contribution in [0, 0.1) is 5.41 Å². The number of ether oxygens (including phenoxy) is 2. The lowest BCUT2D eigenvalue weighted by atomic mass is 9.79. The Morgan fingerprint density at radius 1 is 1.32 bits per heavy atom. The fourth-order valence-electron chi connectivity index (χ4n) is 3.78. The van der Waals surface area contributed by atoms with Crippen molar-refractivity contribution in [1.82, 2.24) is 10.6 Å². The molecule has 28 heavy (non-hydrogen) atoms. The van der Waals surface area contributed by atoms with E-state index >= 15 is 0 Å². The van der Waals surface area contributed by atoms with Crippen molar-refractivity contribution in [3.05, 3.63) is 24.3 Å². The van der Waals surface area contributed by atoms with Crippen LogP contribution in [0.5, 0.6) is 5.75 Å². The fraction of sp³-hybridized carbons (Fsp3) is 0.600. The van der Waals surface area contributed by atoms with E-state index in [1.807, 2.05) is 18.2 Å². The number of hydrogen-bond donors (Lipinski definition) is 2. The van der Waals surface area contributed by atoms with E-state index < -0.39 is 0 Å². The number of anilines is 1. The molecule has 0 aromatic heterocycles. The van der Waals surface area contributed by atoms with Gasteiger partial charge in [-0.15, -0.1) is 12.4 Å². The number of nitrogens with one attached hydrogen (secondary N) is 2. The lowest BCUT2D eigenvalue weighted by molar-refractivity contribution is -0.124. The molecule has 156 valence electrons. The second-order valence-electron chi connectivity index (χ2n) is 7.39. The Hall–Kier alpha value is -1.83. The normalized spacial score (nSPS) is 18.5. The molecule has 2 amide bonds. The summed E-state index contributed by atoms with van der Waals surface area (Å²) in [5.74, 6) is 0.581. The van der Waals surface area contributed by atoms with Gasteiger partial charge in [0.1, 0.15) is 5.75 Å². The van der Waals surface area contributed by atoms with Gasteiger partial charge in [-0.2, -0.15) is 0 Å². The molecule has 1 aromatic rings. The molecular weight excluding hydrogens is 382 g/mol. The number of amides is 2. The van der Waals surface area contributed by atoms with Gasteiger partial charge < -0.3 is 25.0 Å².